The maximum atomic E-state index is 13.9. The predicted octanol–water partition coefficient (Wildman–Crippen LogP) is 0.498. The number of aromatic nitrogens is 2. The number of halogens is 1. The molecule has 45 heavy (non-hydrogen) atoms. The third-order valence-corrected chi connectivity index (χ3v) is 9.69. The molecule has 1 aromatic heterocycles. The largest absolute Gasteiger partial charge is 0.501 e. The molecule has 1 aliphatic carbocycles. The summed E-state index contributed by atoms with van der Waals surface area (Å²) >= 11 is 0. The van der Waals surface area contributed by atoms with E-state index in [1.165, 1.54) is 59.8 Å². The van der Waals surface area contributed by atoms with Gasteiger partial charge in [-0.2, -0.15) is 0 Å². The molecule has 0 spiro atoms. The SMILES string of the molecule is CC(=O)N1CCN(CC23CCC(N(C)C(=O)C(=O)N(C)C)(CC2)c2nc(C(=O)NCc4ccc(F)cc4)c(O)c(=O)n2C3)CC1. The van der Waals surface area contributed by atoms with Gasteiger partial charge in [-0.05, 0) is 43.4 Å². The average Bonchev–Trinajstić information content (AvgIpc) is 3.25. The van der Waals surface area contributed by atoms with Crippen molar-refractivity contribution in [2.45, 2.75) is 51.2 Å². The van der Waals surface area contributed by atoms with Crippen LogP contribution in [0.4, 0.5) is 4.39 Å². The quantitative estimate of drug-likeness (QED) is 0.441. The van der Waals surface area contributed by atoms with Crippen LogP contribution in [0, 0.1) is 11.2 Å². The zero-order chi connectivity index (χ0) is 32.7. The van der Waals surface area contributed by atoms with Gasteiger partial charge in [0.25, 0.3) is 11.5 Å². The highest BCUT2D eigenvalue weighted by atomic mass is 19.1. The number of rotatable bonds is 6. The highest BCUT2D eigenvalue weighted by molar-refractivity contribution is 6.34. The number of likely N-dealkylation sites (N-methyl/N-ethyl adjacent to an activating group) is 2. The van der Waals surface area contributed by atoms with Gasteiger partial charge in [0.1, 0.15) is 17.2 Å². The number of benzene rings is 1. The van der Waals surface area contributed by atoms with E-state index in [4.69, 9.17) is 0 Å². The Morgan fingerprint density at radius 3 is 2.18 bits per heavy atom. The van der Waals surface area contributed by atoms with Crippen LogP contribution < -0.4 is 10.9 Å². The van der Waals surface area contributed by atoms with Gasteiger partial charge >= 0.3 is 11.8 Å². The van der Waals surface area contributed by atoms with Crippen molar-refractivity contribution in [1.82, 2.24) is 34.5 Å². The van der Waals surface area contributed by atoms with Crippen molar-refractivity contribution in [2.24, 2.45) is 5.41 Å². The lowest BCUT2D eigenvalue weighted by atomic mass is 9.67. The molecule has 4 amide bonds. The van der Waals surface area contributed by atoms with Crippen LogP contribution in [-0.4, -0.2) is 112 Å². The second-order valence-corrected chi connectivity index (χ2v) is 12.7. The molecule has 242 valence electrons. The van der Waals surface area contributed by atoms with Gasteiger partial charge in [-0.1, -0.05) is 12.1 Å². The number of aromatic hydroxyl groups is 1. The van der Waals surface area contributed by atoms with Gasteiger partial charge in [0, 0.05) is 79.3 Å². The lowest BCUT2D eigenvalue weighted by Crippen LogP contribution is -2.55. The molecule has 0 radical (unpaired) electrons. The molecule has 4 aliphatic rings. The molecule has 0 atom stereocenters. The molecule has 0 unspecified atom stereocenters. The summed E-state index contributed by atoms with van der Waals surface area (Å²) in [6, 6.07) is 5.52. The van der Waals surface area contributed by atoms with Gasteiger partial charge < -0.3 is 25.1 Å². The van der Waals surface area contributed by atoms with E-state index in [1.807, 2.05) is 0 Å². The molecule has 2 N–H and O–H groups in total. The molecule has 13 nitrogen and oxygen atoms in total. The van der Waals surface area contributed by atoms with Crippen LogP contribution in [0.3, 0.4) is 0 Å². The molecular formula is C31H40FN7O6. The Balaban J connectivity index is 1.52. The molecule has 14 heteroatoms. The molecule has 3 aliphatic heterocycles. The second kappa shape index (κ2) is 12.2. The number of fused-ring (bicyclic) bond motifs is 2. The van der Waals surface area contributed by atoms with E-state index in [1.54, 1.807) is 11.8 Å². The third-order valence-electron chi connectivity index (χ3n) is 9.69. The van der Waals surface area contributed by atoms with Gasteiger partial charge in [-0.15, -0.1) is 0 Å². The fourth-order valence-corrected chi connectivity index (χ4v) is 6.90. The van der Waals surface area contributed by atoms with E-state index >= 15 is 0 Å². The van der Waals surface area contributed by atoms with Crippen molar-refractivity contribution < 1.29 is 28.7 Å². The molecule has 1 aromatic carbocycles. The zero-order valence-electron chi connectivity index (χ0n) is 26.1. The molecular weight excluding hydrogens is 585 g/mol. The smallest absolute Gasteiger partial charge is 0.312 e. The number of piperazine rings is 1. The lowest BCUT2D eigenvalue weighted by Gasteiger charge is -2.48. The monoisotopic (exact) mass is 625 g/mol. The Kier molecular flexibility index (Phi) is 8.71. The first-order chi connectivity index (χ1) is 21.3. The molecule has 2 bridgehead atoms. The van der Waals surface area contributed by atoms with E-state index < -0.39 is 51.5 Å². The summed E-state index contributed by atoms with van der Waals surface area (Å²) in [5, 5.41) is 13.7. The number of amides is 4. The number of carbonyl (C=O) groups is 4. The molecule has 1 saturated heterocycles. The summed E-state index contributed by atoms with van der Waals surface area (Å²) in [4.78, 5) is 76.5. The number of hydrogen-bond donors (Lipinski definition) is 2. The minimum Gasteiger partial charge on any atom is -0.501 e. The van der Waals surface area contributed by atoms with Crippen LogP contribution in [0.5, 0.6) is 5.75 Å². The predicted molar refractivity (Wildman–Crippen MR) is 160 cm³/mol. The Hall–Kier alpha value is -4.33. The van der Waals surface area contributed by atoms with E-state index in [9.17, 15) is 33.5 Å². The first-order valence-electron chi connectivity index (χ1n) is 15.1. The first kappa shape index (κ1) is 32.1. The Labute approximate surface area is 260 Å². The maximum Gasteiger partial charge on any atom is 0.312 e. The summed E-state index contributed by atoms with van der Waals surface area (Å²) < 4.78 is 14.7. The first-order valence-corrected chi connectivity index (χ1v) is 15.1. The average molecular weight is 626 g/mol. The number of carbonyl (C=O) groups excluding carboxylic acids is 4. The van der Waals surface area contributed by atoms with Crippen LogP contribution in [0.2, 0.25) is 0 Å². The van der Waals surface area contributed by atoms with Crippen molar-refractivity contribution in [2.75, 3.05) is 53.9 Å². The Morgan fingerprint density at radius 2 is 1.60 bits per heavy atom. The van der Waals surface area contributed by atoms with E-state index in [0.29, 0.717) is 64.0 Å². The molecule has 2 aromatic rings. The van der Waals surface area contributed by atoms with Gasteiger partial charge in [0.05, 0.1) is 0 Å². The van der Waals surface area contributed by atoms with Crippen molar-refractivity contribution in [3.63, 3.8) is 0 Å². The van der Waals surface area contributed by atoms with Crippen LogP contribution >= 0.6 is 0 Å². The number of nitrogens with one attached hydrogen (secondary N) is 1. The summed E-state index contributed by atoms with van der Waals surface area (Å²) in [6.07, 6.45) is 1.97. The normalized spacial score (nSPS) is 22.7. The van der Waals surface area contributed by atoms with Crippen molar-refractivity contribution in [3.8, 4) is 5.75 Å². The van der Waals surface area contributed by atoms with Crippen LogP contribution in [0.1, 0.15) is 54.5 Å². The van der Waals surface area contributed by atoms with E-state index in [0.717, 1.165) is 0 Å². The van der Waals surface area contributed by atoms with Gasteiger partial charge in [0.2, 0.25) is 11.7 Å². The second-order valence-electron chi connectivity index (χ2n) is 12.7. The minimum atomic E-state index is -1.19. The fraction of sp³-hybridized carbons (Fsp3) is 0.548. The fourth-order valence-electron chi connectivity index (χ4n) is 6.90. The molecule has 2 fully saturated rings. The standard InChI is InChI=1S/C31H40FN7O6/c1-20(40)38-15-13-37(14-16-38)18-30-9-11-31(12-10-30,36(4)28(45)27(44)35(2)3)29-34-23(24(41)26(43)39(29)19-30)25(42)33-17-21-5-7-22(32)8-6-21/h5-8,41H,9-19H2,1-4H3,(H,33,42). The Bertz CT molecular complexity index is 1560. The van der Waals surface area contributed by atoms with Crippen molar-refractivity contribution >= 4 is 23.6 Å². The molecule has 4 heterocycles. The van der Waals surface area contributed by atoms with Crippen molar-refractivity contribution in [3.05, 3.63) is 57.5 Å². The van der Waals surface area contributed by atoms with Gasteiger partial charge in [-0.3, -0.25) is 33.4 Å². The topological polar surface area (TPSA) is 148 Å². The highest BCUT2D eigenvalue weighted by Crippen LogP contribution is 2.52. The Morgan fingerprint density at radius 1 is 0.978 bits per heavy atom. The maximum absolute atomic E-state index is 13.9. The number of hydrogen-bond acceptors (Lipinski definition) is 8. The van der Waals surface area contributed by atoms with Crippen molar-refractivity contribution in [1.29, 1.82) is 0 Å². The highest BCUT2D eigenvalue weighted by Gasteiger charge is 2.55. The van der Waals surface area contributed by atoms with Crippen LogP contribution in [-0.2, 0) is 33.0 Å². The minimum absolute atomic E-state index is 0.000474. The van der Waals surface area contributed by atoms with Crippen LogP contribution in [0.15, 0.2) is 29.1 Å². The molecule has 6 rings (SSSR count). The van der Waals surface area contributed by atoms with Gasteiger partial charge in [0.15, 0.2) is 5.69 Å². The van der Waals surface area contributed by atoms with E-state index in [-0.39, 0.29) is 24.8 Å². The summed E-state index contributed by atoms with van der Waals surface area (Å²) in [5.41, 5.74) is -2.27. The summed E-state index contributed by atoms with van der Waals surface area (Å²) in [7, 11) is 4.48. The lowest BCUT2D eigenvalue weighted by molar-refractivity contribution is -0.155. The summed E-state index contributed by atoms with van der Waals surface area (Å²) in [5.74, 6) is -3.36. The van der Waals surface area contributed by atoms with Crippen LogP contribution in [0.25, 0.3) is 0 Å². The zero-order valence-corrected chi connectivity index (χ0v) is 26.1. The van der Waals surface area contributed by atoms with Gasteiger partial charge in [-0.25, -0.2) is 9.37 Å². The molecule has 1 saturated carbocycles. The van der Waals surface area contributed by atoms with E-state index in [2.05, 4.69) is 15.2 Å². The number of nitrogens with zero attached hydrogens (tertiary/aromatic N) is 6. The third kappa shape index (κ3) is 6.02. The summed E-state index contributed by atoms with van der Waals surface area (Å²) in [6.45, 7) is 4.97.